The quantitative estimate of drug-likeness (QED) is 0.897. The summed E-state index contributed by atoms with van der Waals surface area (Å²) >= 11 is 3.68. The summed E-state index contributed by atoms with van der Waals surface area (Å²) in [5.74, 6) is 1.43. The molecule has 3 nitrogen and oxygen atoms in total. The van der Waals surface area contributed by atoms with Crippen LogP contribution in [-0.4, -0.2) is 22.9 Å². The van der Waals surface area contributed by atoms with E-state index in [1.54, 1.807) is 0 Å². The molecular formula is C17H22BrN3. The lowest BCUT2D eigenvalue weighted by Crippen LogP contribution is -2.31. The number of aryl methyl sites for hydroxylation is 2. The van der Waals surface area contributed by atoms with Crippen molar-refractivity contribution in [2.45, 2.75) is 31.7 Å². The van der Waals surface area contributed by atoms with Gasteiger partial charge in [0.25, 0.3) is 0 Å². The highest BCUT2D eigenvalue weighted by Crippen LogP contribution is 2.50. The van der Waals surface area contributed by atoms with Gasteiger partial charge in [-0.3, -0.25) is 4.68 Å². The first-order valence-corrected chi connectivity index (χ1v) is 8.31. The van der Waals surface area contributed by atoms with Crippen LogP contribution in [-0.2, 0) is 13.5 Å². The molecule has 21 heavy (non-hydrogen) atoms. The fourth-order valence-electron chi connectivity index (χ4n) is 3.32. The van der Waals surface area contributed by atoms with Crippen molar-refractivity contribution in [1.29, 1.82) is 0 Å². The van der Waals surface area contributed by atoms with Gasteiger partial charge >= 0.3 is 0 Å². The summed E-state index contributed by atoms with van der Waals surface area (Å²) in [6, 6.07) is 11.4. The van der Waals surface area contributed by atoms with Crippen LogP contribution in [0.4, 0.5) is 0 Å². The number of nitrogens with one attached hydrogen (secondary N) is 1. The Labute approximate surface area is 134 Å². The van der Waals surface area contributed by atoms with Gasteiger partial charge in [-0.2, -0.15) is 5.10 Å². The highest BCUT2D eigenvalue weighted by atomic mass is 79.9. The monoisotopic (exact) mass is 347 g/mol. The zero-order valence-electron chi connectivity index (χ0n) is 12.8. The van der Waals surface area contributed by atoms with E-state index in [4.69, 9.17) is 0 Å². The van der Waals surface area contributed by atoms with Gasteiger partial charge in [-0.05, 0) is 53.7 Å². The third-order valence-electron chi connectivity index (χ3n) is 4.63. The molecule has 1 saturated carbocycles. The highest BCUT2D eigenvalue weighted by Gasteiger charge is 2.43. The maximum Gasteiger partial charge on any atom is 0.0738 e. The standard InChI is InChI=1S/C17H22BrN3/c1-11-17(18)16(21(3)20-11)10-15(19-2)14-9-13(14)12-7-5-4-6-8-12/h4-8,13-15,19H,9-10H2,1-3H3. The molecule has 2 aromatic rings. The van der Waals surface area contributed by atoms with Crippen molar-refractivity contribution in [2.24, 2.45) is 13.0 Å². The van der Waals surface area contributed by atoms with E-state index in [0.717, 1.165) is 22.5 Å². The number of nitrogens with zero attached hydrogens (tertiary/aromatic N) is 2. The Morgan fingerprint density at radius 1 is 1.38 bits per heavy atom. The van der Waals surface area contributed by atoms with Crippen molar-refractivity contribution in [1.82, 2.24) is 15.1 Å². The molecule has 1 aromatic heterocycles. The minimum Gasteiger partial charge on any atom is -0.316 e. The first kappa shape index (κ1) is 14.8. The molecule has 1 N–H and O–H groups in total. The molecule has 112 valence electrons. The zero-order chi connectivity index (χ0) is 15.0. The third-order valence-corrected chi connectivity index (χ3v) is 5.66. The summed E-state index contributed by atoms with van der Waals surface area (Å²) < 4.78 is 3.16. The van der Waals surface area contributed by atoms with E-state index in [9.17, 15) is 0 Å². The van der Waals surface area contributed by atoms with Gasteiger partial charge in [-0.25, -0.2) is 0 Å². The van der Waals surface area contributed by atoms with E-state index in [2.05, 4.69) is 63.7 Å². The van der Waals surface area contributed by atoms with Crippen LogP contribution in [0.5, 0.6) is 0 Å². The van der Waals surface area contributed by atoms with Crippen LogP contribution in [0.15, 0.2) is 34.8 Å². The Hall–Kier alpha value is -1.13. The lowest BCUT2D eigenvalue weighted by molar-refractivity contribution is 0.476. The molecule has 1 fully saturated rings. The van der Waals surface area contributed by atoms with Crippen molar-refractivity contribution < 1.29 is 0 Å². The van der Waals surface area contributed by atoms with E-state index in [1.165, 1.54) is 17.7 Å². The molecule has 0 aliphatic heterocycles. The van der Waals surface area contributed by atoms with Crippen LogP contribution in [0.25, 0.3) is 0 Å². The first-order valence-electron chi connectivity index (χ1n) is 7.52. The molecule has 0 bridgehead atoms. The van der Waals surface area contributed by atoms with Crippen LogP contribution in [0.1, 0.15) is 29.3 Å². The predicted molar refractivity (Wildman–Crippen MR) is 89.5 cm³/mol. The normalized spacial score (nSPS) is 22.3. The number of rotatable bonds is 5. The molecule has 0 amide bonds. The maximum absolute atomic E-state index is 4.50. The topological polar surface area (TPSA) is 29.9 Å². The highest BCUT2D eigenvalue weighted by molar-refractivity contribution is 9.10. The Kier molecular flexibility index (Phi) is 4.18. The molecule has 0 radical (unpaired) electrons. The van der Waals surface area contributed by atoms with Crippen LogP contribution < -0.4 is 5.32 Å². The second kappa shape index (κ2) is 5.93. The van der Waals surface area contributed by atoms with Gasteiger partial charge in [-0.15, -0.1) is 0 Å². The van der Waals surface area contributed by atoms with E-state index in [-0.39, 0.29) is 0 Å². The summed E-state index contributed by atoms with van der Waals surface area (Å²) in [6.07, 6.45) is 2.30. The number of aromatic nitrogens is 2. The largest absolute Gasteiger partial charge is 0.316 e. The van der Waals surface area contributed by atoms with Crippen LogP contribution in [0, 0.1) is 12.8 Å². The van der Waals surface area contributed by atoms with Crippen LogP contribution >= 0.6 is 15.9 Å². The molecule has 4 heteroatoms. The van der Waals surface area contributed by atoms with Gasteiger partial charge in [0.1, 0.15) is 0 Å². The zero-order valence-corrected chi connectivity index (χ0v) is 14.4. The Bertz CT molecular complexity index is 620. The SMILES string of the molecule is CNC(Cc1c(Br)c(C)nn1C)C1CC1c1ccccc1. The van der Waals surface area contributed by atoms with Gasteiger partial charge in [0, 0.05) is 19.5 Å². The fraction of sp³-hybridized carbons (Fsp3) is 0.471. The van der Waals surface area contributed by atoms with E-state index in [0.29, 0.717) is 12.0 Å². The van der Waals surface area contributed by atoms with Gasteiger partial charge in [0.2, 0.25) is 0 Å². The molecule has 1 aromatic carbocycles. The van der Waals surface area contributed by atoms with Gasteiger partial charge in [0.15, 0.2) is 0 Å². The van der Waals surface area contributed by atoms with Crippen molar-refractivity contribution in [3.8, 4) is 0 Å². The molecule has 3 unspecified atom stereocenters. The lowest BCUT2D eigenvalue weighted by Gasteiger charge is -2.17. The molecule has 3 atom stereocenters. The van der Waals surface area contributed by atoms with Gasteiger partial charge in [-0.1, -0.05) is 30.3 Å². The Balaban J connectivity index is 1.73. The Morgan fingerprint density at radius 2 is 2.10 bits per heavy atom. The summed E-state index contributed by atoms with van der Waals surface area (Å²) in [5.41, 5.74) is 3.83. The van der Waals surface area contributed by atoms with Gasteiger partial charge < -0.3 is 5.32 Å². The number of benzene rings is 1. The third kappa shape index (κ3) is 2.92. The lowest BCUT2D eigenvalue weighted by atomic mass is 10.0. The number of hydrogen-bond acceptors (Lipinski definition) is 2. The number of hydrogen-bond donors (Lipinski definition) is 1. The molecule has 1 heterocycles. The van der Waals surface area contributed by atoms with E-state index < -0.39 is 0 Å². The van der Waals surface area contributed by atoms with Gasteiger partial charge in [0.05, 0.1) is 15.9 Å². The average Bonchev–Trinajstić information content (AvgIpc) is 3.24. The van der Waals surface area contributed by atoms with E-state index >= 15 is 0 Å². The summed E-state index contributed by atoms with van der Waals surface area (Å²) in [4.78, 5) is 0. The summed E-state index contributed by atoms with van der Waals surface area (Å²) in [5, 5.41) is 8.01. The number of likely N-dealkylation sites (N-methyl/N-ethyl adjacent to an activating group) is 1. The predicted octanol–water partition coefficient (Wildman–Crippen LogP) is 3.43. The fourth-order valence-corrected chi connectivity index (χ4v) is 3.82. The summed E-state index contributed by atoms with van der Waals surface area (Å²) in [7, 11) is 4.10. The molecular weight excluding hydrogens is 326 g/mol. The molecule has 1 aliphatic rings. The van der Waals surface area contributed by atoms with Crippen molar-refractivity contribution in [2.75, 3.05) is 7.05 Å². The number of halogens is 1. The molecule has 3 rings (SSSR count). The average molecular weight is 348 g/mol. The van der Waals surface area contributed by atoms with Crippen molar-refractivity contribution in [3.05, 3.63) is 51.8 Å². The maximum atomic E-state index is 4.50. The minimum absolute atomic E-state index is 0.501. The molecule has 1 aliphatic carbocycles. The first-order chi connectivity index (χ1) is 10.1. The van der Waals surface area contributed by atoms with Crippen LogP contribution in [0.3, 0.4) is 0 Å². The second-order valence-corrected chi connectivity index (χ2v) is 6.78. The summed E-state index contributed by atoms with van der Waals surface area (Å²) in [6.45, 7) is 2.05. The molecule has 0 saturated heterocycles. The smallest absolute Gasteiger partial charge is 0.0738 e. The van der Waals surface area contributed by atoms with Crippen molar-refractivity contribution in [3.63, 3.8) is 0 Å². The van der Waals surface area contributed by atoms with Crippen LogP contribution in [0.2, 0.25) is 0 Å². The van der Waals surface area contributed by atoms with Crippen molar-refractivity contribution >= 4 is 15.9 Å². The minimum atomic E-state index is 0.501. The molecule has 0 spiro atoms. The Morgan fingerprint density at radius 3 is 2.67 bits per heavy atom. The van der Waals surface area contributed by atoms with E-state index in [1.807, 2.05) is 18.7 Å². The second-order valence-electron chi connectivity index (χ2n) is 5.99.